The van der Waals surface area contributed by atoms with Gasteiger partial charge < -0.3 is 14.6 Å². The molecule has 1 aromatic heterocycles. The molecule has 2 saturated carbocycles. The first-order valence-corrected chi connectivity index (χ1v) is 14.5. The molecule has 2 fully saturated rings. The highest BCUT2D eigenvalue weighted by atomic mass is 35.5. The molecular formula is C33H35ClFNO4. The van der Waals surface area contributed by atoms with Crippen LogP contribution in [0.5, 0.6) is 11.6 Å². The molecule has 1 spiro atoms. The predicted molar refractivity (Wildman–Crippen MR) is 153 cm³/mol. The first-order chi connectivity index (χ1) is 19.1. The third kappa shape index (κ3) is 4.36. The second-order valence-corrected chi connectivity index (χ2v) is 12.8. The van der Waals surface area contributed by atoms with Crippen LogP contribution in [0.25, 0.3) is 11.1 Å². The molecule has 1 heterocycles. The molecule has 210 valence electrons. The maximum absolute atomic E-state index is 15.9. The van der Waals surface area contributed by atoms with Gasteiger partial charge in [-0.15, -0.1) is 0 Å². The molecule has 0 saturated heterocycles. The predicted octanol–water partition coefficient (Wildman–Crippen LogP) is 8.10. The number of rotatable bonds is 7. The van der Waals surface area contributed by atoms with Crippen molar-refractivity contribution in [2.24, 2.45) is 11.3 Å². The minimum Gasteiger partial charge on any atom is -0.486 e. The van der Waals surface area contributed by atoms with Gasteiger partial charge in [0, 0.05) is 22.6 Å². The molecule has 0 amide bonds. The van der Waals surface area contributed by atoms with Crippen molar-refractivity contribution >= 4 is 17.6 Å². The van der Waals surface area contributed by atoms with Crippen molar-refractivity contribution in [1.82, 2.24) is 4.98 Å². The Balaban J connectivity index is 1.33. The summed E-state index contributed by atoms with van der Waals surface area (Å²) < 4.78 is 27.4. The molecule has 2 aromatic carbocycles. The lowest BCUT2D eigenvalue weighted by atomic mass is 9.57. The number of nitrogens with zero attached hydrogens (tertiary/aromatic N) is 1. The molecule has 3 aliphatic carbocycles. The zero-order chi connectivity index (χ0) is 28.2. The van der Waals surface area contributed by atoms with Gasteiger partial charge in [0.25, 0.3) is 0 Å². The van der Waals surface area contributed by atoms with Gasteiger partial charge in [0.15, 0.2) is 11.6 Å². The van der Waals surface area contributed by atoms with Crippen LogP contribution in [0.2, 0.25) is 5.02 Å². The van der Waals surface area contributed by atoms with Crippen LogP contribution < -0.4 is 9.47 Å². The van der Waals surface area contributed by atoms with Crippen molar-refractivity contribution in [3.63, 3.8) is 0 Å². The van der Waals surface area contributed by atoms with Crippen LogP contribution in [-0.2, 0) is 23.2 Å². The second kappa shape index (κ2) is 10.1. The van der Waals surface area contributed by atoms with E-state index in [0.717, 1.165) is 41.5 Å². The normalized spacial score (nSPS) is 24.5. The summed E-state index contributed by atoms with van der Waals surface area (Å²) in [7, 11) is 1.59. The Morgan fingerprint density at radius 2 is 1.95 bits per heavy atom. The molecular weight excluding hydrogens is 529 g/mol. The number of benzene rings is 2. The largest absolute Gasteiger partial charge is 0.486 e. The Labute approximate surface area is 239 Å². The van der Waals surface area contributed by atoms with Gasteiger partial charge in [0.1, 0.15) is 6.61 Å². The number of aromatic nitrogens is 1. The average Bonchev–Trinajstić information content (AvgIpc) is 3.49. The van der Waals surface area contributed by atoms with Gasteiger partial charge in [0.05, 0.1) is 24.2 Å². The monoisotopic (exact) mass is 563 g/mol. The van der Waals surface area contributed by atoms with Gasteiger partial charge in [-0.05, 0) is 78.2 Å². The fourth-order valence-electron chi connectivity index (χ4n) is 7.57. The summed E-state index contributed by atoms with van der Waals surface area (Å²) in [5, 5.41) is 10.3. The SMILES string of the molecule is COc1cc(-c2ccc(COc3ccc4c(c3F)C3(CC4)CCC3C(=O)O)cc2C2CCCC2(C)C)c(Cl)cn1. The summed E-state index contributed by atoms with van der Waals surface area (Å²) in [6, 6.07) is 11.7. The van der Waals surface area contributed by atoms with Gasteiger partial charge in [-0.1, -0.05) is 56.1 Å². The van der Waals surface area contributed by atoms with Crippen molar-refractivity contribution in [3.8, 4) is 22.8 Å². The zero-order valence-electron chi connectivity index (χ0n) is 23.2. The van der Waals surface area contributed by atoms with Crippen LogP contribution in [0.1, 0.15) is 80.5 Å². The van der Waals surface area contributed by atoms with Gasteiger partial charge in [-0.25, -0.2) is 9.37 Å². The third-order valence-corrected chi connectivity index (χ3v) is 10.1. The summed E-state index contributed by atoms with van der Waals surface area (Å²) in [5.74, 6) is -0.734. The summed E-state index contributed by atoms with van der Waals surface area (Å²) in [5.41, 5.74) is 5.07. The third-order valence-electron chi connectivity index (χ3n) is 9.85. The van der Waals surface area contributed by atoms with Crippen LogP contribution in [0, 0.1) is 17.2 Å². The van der Waals surface area contributed by atoms with Crippen LogP contribution in [0.15, 0.2) is 42.6 Å². The van der Waals surface area contributed by atoms with Gasteiger partial charge >= 0.3 is 5.97 Å². The van der Waals surface area contributed by atoms with Crippen molar-refractivity contribution in [3.05, 3.63) is 75.7 Å². The van der Waals surface area contributed by atoms with E-state index in [2.05, 4.69) is 31.0 Å². The standard InChI is InChI=1S/C33H35ClFNO4/c1-32(2)12-4-5-24(32)22-15-19(6-8-21(22)23-16-28(39-3)36-17-26(23)34)18-40-27-9-7-20-10-13-33(29(20)30(27)35)14-11-25(33)31(37)38/h6-9,15-17,24-25H,4-5,10-14,18H2,1-3H3,(H,37,38). The highest BCUT2D eigenvalue weighted by Gasteiger charge is 2.56. The van der Waals surface area contributed by atoms with E-state index in [4.69, 9.17) is 21.1 Å². The second-order valence-electron chi connectivity index (χ2n) is 12.3. The lowest BCUT2D eigenvalue weighted by Crippen LogP contribution is -2.47. The fourth-order valence-corrected chi connectivity index (χ4v) is 7.78. The number of carbonyl (C=O) groups is 1. The number of carboxylic acids is 1. The van der Waals surface area contributed by atoms with Gasteiger partial charge in [-0.2, -0.15) is 0 Å². The Morgan fingerprint density at radius 1 is 1.12 bits per heavy atom. The number of hydrogen-bond donors (Lipinski definition) is 1. The highest BCUT2D eigenvalue weighted by molar-refractivity contribution is 6.33. The minimum absolute atomic E-state index is 0.127. The summed E-state index contributed by atoms with van der Waals surface area (Å²) in [4.78, 5) is 16.1. The minimum atomic E-state index is -0.834. The van der Waals surface area contributed by atoms with E-state index in [1.54, 1.807) is 19.4 Å². The molecule has 40 heavy (non-hydrogen) atoms. The number of aliphatic carboxylic acids is 1. The maximum Gasteiger partial charge on any atom is 0.307 e. The van der Waals surface area contributed by atoms with Crippen LogP contribution in [0.3, 0.4) is 0 Å². The lowest BCUT2D eigenvalue weighted by Gasteiger charge is -2.45. The zero-order valence-corrected chi connectivity index (χ0v) is 24.0. The number of halogens is 2. The van der Waals surface area contributed by atoms with Crippen LogP contribution in [0.4, 0.5) is 4.39 Å². The molecule has 7 heteroatoms. The van der Waals surface area contributed by atoms with Crippen molar-refractivity contribution in [2.45, 2.75) is 76.7 Å². The van der Waals surface area contributed by atoms with E-state index in [0.29, 0.717) is 48.1 Å². The van der Waals surface area contributed by atoms with E-state index in [1.165, 1.54) is 5.56 Å². The molecule has 3 aliphatic rings. The summed E-state index contributed by atoms with van der Waals surface area (Å²) in [6.45, 7) is 4.83. The van der Waals surface area contributed by atoms with Crippen LogP contribution in [-0.4, -0.2) is 23.2 Å². The Hall–Kier alpha value is -3.12. The summed E-state index contributed by atoms with van der Waals surface area (Å²) >= 11 is 6.63. The molecule has 3 atom stereocenters. The quantitative estimate of drug-likeness (QED) is 0.314. The van der Waals surface area contributed by atoms with Crippen molar-refractivity contribution in [1.29, 1.82) is 0 Å². The fraction of sp³-hybridized carbons (Fsp3) is 0.455. The smallest absolute Gasteiger partial charge is 0.307 e. The van der Waals surface area contributed by atoms with Gasteiger partial charge in [-0.3, -0.25) is 4.79 Å². The molecule has 5 nitrogen and oxygen atoms in total. The number of fused-ring (bicyclic) bond motifs is 2. The number of hydrogen-bond acceptors (Lipinski definition) is 4. The Kier molecular flexibility index (Phi) is 6.81. The lowest BCUT2D eigenvalue weighted by molar-refractivity contribution is -0.149. The van der Waals surface area contributed by atoms with Crippen LogP contribution >= 0.6 is 11.6 Å². The molecule has 6 rings (SSSR count). The average molecular weight is 564 g/mol. The maximum atomic E-state index is 15.9. The molecule has 3 aromatic rings. The number of pyridine rings is 1. The molecule has 0 bridgehead atoms. The highest BCUT2D eigenvalue weighted by Crippen LogP contribution is 2.58. The van der Waals surface area contributed by atoms with Gasteiger partial charge in [0.2, 0.25) is 5.88 Å². The first-order valence-electron chi connectivity index (χ1n) is 14.1. The van der Waals surface area contributed by atoms with E-state index in [1.807, 2.05) is 18.2 Å². The Morgan fingerprint density at radius 3 is 2.62 bits per heavy atom. The molecule has 0 aliphatic heterocycles. The van der Waals surface area contributed by atoms with Crippen molar-refractivity contribution < 1.29 is 23.8 Å². The van der Waals surface area contributed by atoms with E-state index in [9.17, 15) is 9.90 Å². The topological polar surface area (TPSA) is 68.7 Å². The first kappa shape index (κ1) is 27.1. The van der Waals surface area contributed by atoms with E-state index < -0.39 is 23.1 Å². The molecule has 1 N–H and O–H groups in total. The van der Waals surface area contributed by atoms with Crippen molar-refractivity contribution in [2.75, 3.05) is 7.11 Å². The van der Waals surface area contributed by atoms with E-state index in [-0.39, 0.29) is 17.8 Å². The number of ether oxygens (including phenoxy) is 2. The van der Waals surface area contributed by atoms with E-state index >= 15 is 4.39 Å². The molecule has 3 unspecified atom stereocenters. The number of carboxylic acid groups (broad SMARTS) is 1. The Bertz CT molecular complexity index is 1490. The molecule has 0 radical (unpaired) electrons. The summed E-state index contributed by atoms with van der Waals surface area (Å²) in [6.07, 6.45) is 7.70. The number of methoxy groups -OCH3 is 1. The number of aryl methyl sites for hydroxylation is 1.